The second-order valence-corrected chi connectivity index (χ2v) is 9.61. The molecule has 4 aromatic rings. The number of nitrogens with two attached hydrogens (primary N) is 1. The van der Waals surface area contributed by atoms with Gasteiger partial charge in [0.05, 0.1) is 25.4 Å². The lowest BCUT2D eigenvalue weighted by molar-refractivity contribution is -0.133. The fraction of sp³-hybridized carbons (Fsp3) is 0.161. The summed E-state index contributed by atoms with van der Waals surface area (Å²) >= 11 is 0. The standard InChI is InChI=1S/C31H28N4O4/c1-31(27-14-12-25(13-15-27)28(36)39-2)29(37)34(30(38)35(31)20-21-6-4-3-5-7-21)19-23-9-11-24-10-8-22(18-33-32)16-26(24)17-23/h3-18H,19-20,32H2,1-2H3. The van der Waals surface area contributed by atoms with E-state index in [1.807, 2.05) is 66.7 Å². The van der Waals surface area contributed by atoms with Crippen LogP contribution in [0.3, 0.4) is 0 Å². The molecule has 1 fully saturated rings. The molecule has 0 radical (unpaired) electrons. The third kappa shape index (κ3) is 4.72. The van der Waals surface area contributed by atoms with Crippen molar-refractivity contribution in [2.24, 2.45) is 10.9 Å². The van der Waals surface area contributed by atoms with Crippen molar-refractivity contribution in [3.63, 3.8) is 0 Å². The minimum atomic E-state index is -1.27. The first-order valence-corrected chi connectivity index (χ1v) is 12.5. The molecule has 8 heteroatoms. The van der Waals surface area contributed by atoms with Gasteiger partial charge < -0.3 is 15.5 Å². The maximum atomic E-state index is 14.1. The molecule has 1 heterocycles. The Morgan fingerprint density at radius 3 is 2.31 bits per heavy atom. The van der Waals surface area contributed by atoms with Crippen LogP contribution in [0.1, 0.15) is 39.5 Å². The number of esters is 1. The van der Waals surface area contributed by atoms with Crippen LogP contribution < -0.4 is 5.84 Å². The number of imide groups is 1. The fourth-order valence-corrected chi connectivity index (χ4v) is 5.02. The van der Waals surface area contributed by atoms with E-state index in [9.17, 15) is 14.4 Å². The molecular weight excluding hydrogens is 492 g/mol. The molecule has 0 spiro atoms. The van der Waals surface area contributed by atoms with E-state index in [2.05, 4.69) is 5.10 Å². The normalized spacial score (nSPS) is 17.4. The molecule has 196 valence electrons. The first-order chi connectivity index (χ1) is 18.8. The first kappa shape index (κ1) is 25.7. The number of hydrogen-bond donors (Lipinski definition) is 1. The third-order valence-electron chi connectivity index (χ3n) is 7.21. The SMILES string of the molecule is COC(=O)c1ccc(C2(C)C(=O)N(Cc3ccc4ccc(C=NN)cc4c3)C(=O)N2Cc2ccccc2)cc1. The molecule has 0 bridgehead atoms. The van der Waals surface area contributed by atoms with Gasteiger partial charge in [0.15, 0.2) is 0 Å². The van der Waals surface area contributed by atoms with Gasteiger partial charge in [-0.3, -0.25) is 9.69 Å². The minimum absolute atomic E-state index is 0.115. The largest absolute Gasteiger partial charge is 0.465 e. The van der Waals surface area contributed by atoms with E-state index in [1.165, 1.54) is 12.0 Å². The molecule has 8 nitrogen and oxygen atoms in total. The number of ether oxygens (including phenoxy) is 1. The number of rotatable bonds is 7. The summed E-state index contributed by atoms with van der Waals surface area (Å²) in [6.45, 7) is 2.11. The lowest BCUT2D eigenvalue weighted by Crippen LogP contribution is -2.44. The number of hydrogen-bond acceptors (Lipinski definition) is 6. The van der Waals surface area contributed by atoms with Crippen molar-refractivity contribution in [2.75, 3.05) is 7.11 Å². The van der Waals surface area contributed by atoms with Gasteiger partial charge in [0.1, 0.15) is 5.54 Å². The predicted octanol–water partition coefficient (Wildman–Crippen LogP) is 4.80. The van der Waals surface area contributed by atoms with Gasteiger partial charge >= 0.3 is 12.0 Å². The highest BCUT2D eigenvalue weighted by atomic mass is 16.5. The molecular formula is C31H28N4O4. The van der Waals surface area contributed by atoms with Crippen molar-refractivity contribution in [3.8, 4) is 0 Å². The Hall–Kier alpha value is -4.98. The van der Waals surface area contributed by atoms with Crippen LogP contribution in [-0.4, -0.2) is 41.0 Å². The molecule has 0 aliphatic carbocycles. The number of fused-ring (bicyclic) bond motifs is 1. The summed E-state index contributed by atoms with van der Waals surface area (Å²) in [4.78, 5) is 42.8. The molecule has 4 aromatic carbocycles. The van der Waals surface area contributed by atoms with E-state index >= 15 is 0 Å². The van der Waals surface area contributed by atoms with Crippen LogP contribution in [0.4, 0.5) is 4.79 Å². The van der Waals surface area contributed by atoms with E-state index < -0.39 is 11.5 Å². The van der Waals surface area contributed by atoms with E-state index in [0.29, 0.717) is 11.1 Å². The molecule has 1 aliphatic heterocycles. The van der Waals surface area contributed by atoms with Crippen molar-refractivity contribution in [3.05, 3.63) is 119 Å². The predicted molar refractivity (Wildman–Crippen MR) is 149 cm³/mol. The Labute approximate surface area is 226 Å². The van der Waals surface area contributed by atoms with Crippen molar-refractivity contribution in [1.82, 2.24) is 9.80 Å². The summed E-state index contributed by atoms with van der Waals surface area (Å²) < 4.78 is 4.81. The molecule has 39 heavy (non-hydrogen) atoms. The Balaban J connectivity index is 1.52. The molecule has 0 aromatic heterocycles. The van der Waals surface area contributed by atoms with E-state index in [1.54, 1.807) is 42.3 Å². The summed E-state index contributed by atoms with van der Waals surface area (Å²) in [5.74, 6) is 4.50. The highest BCUT2D eigenvalue weighted by molar-refractivity contribution is 6.07. The van der Waals surface area contributed by atoms with Gasteiger partial charge in [0, 0.05) is 6.54 Å². The Morgan fingerprint density at radius 2 is 1.62 bits per heavy atom. The maximum Gasteiger partial charge on any atom is 0.337 e. The van der Waals surface area contributed by atoms with Crippen LogP contribution >= 0.6 is 0 Å². The first-order valence-electron chi connectivity index (χ1n) is 12.5. The number of benzene rings is 4. The zero-order valence-electron chi connectivity index (χ0n) is 21.7. The average molecular weight is 521 g/mol. The van der Waals surface area contributed by atoms with Gasteiger partial charge in [-0.25, -0.2) is 9.59 Å². The summed E-state index contributed by atoms with van der Waals surface area (Å²) in [7, 11) is 1.32. The van der Waals surface area contributed by atoms with Crippen LogP contribution in [0.25, 0.3) is 10.8 Å². The van der Waals surface area contributed by atoms with Gasteiger partial charge in [-0.15, -0.1) is 0 Å². The van der Waals surface area contributed by atoms with Crippen LogP contribution in [0.15, 0.2) is 96.1 Å². The molecule has 2 N–H and O–H groups in total. The van der Waals surface area contributed by atoms with Crippen LogP contribution in [0.2, 0.25) is 0 Å². The summed E-state index contributed by atoms with van der Waals surface area (Å²) in [5.41, 5.74) is 2.27. The topological polar surface area (TPSA) is 105 Å². The molecule has 1 unspecified atom stereocenters. The molecule has 5 rings (SSSR count). The number of nitrogens with zero attached hydrogens (tertiary/aromatic N) is 3. The quantitative estimate of drug-likeness (QED) is 0.124. The smallest absolute Gasteiger partial charge is 0.337 e. The van der Waals surface area contributed by atoms with E-state index in [-0.39, 0.29) is 25.0 Å². The molecule has 1 saturated heterocycles. The highest BCUT2D eigenvalue weighted by Gasteiger charge is 2.55. The van der Waals surface area contributed by atoms with Crippen molar-refractivity contribution in [1.29, 1.82) is 0 Å². The van der Waals surface area contributed by atoms with Gasteiger partial charge in [-0.05, 0) is 64.2 Å². The number of urea groups is 1. The Morgan fingerprint density at radius 1 is 0.897 bits per heavy atom. The highest BCUT2D eigenvalue weighted by Crippen LogP contribution is 2.39. The zero-order valence-corrected chi connectivity index (χ0v) is 21.7. The van der Waals surface area contributed by atoms with Crippen LogP contribution in [0.5, 0.6) is 0 Å². The Bertz CT molecular complexity index is 1580. The van der Waals surface area contributed by atoms with Gasteiger partial charge in [0.25, 0.3) is 5.91 Å². The number of amides is 3. The van der Waals surface area contributed by atoms with E-state index in [4.69, 9.17) is 10.6 Å². The average Bonchev–Trinajstić information content (AvgIpc) is 3.14. The molecule has 1 aliphatic rings. The molecule has 1 atom stereocenters. The summed E-state index contributed by atoms with van der Waals surface area (Å²) in [5, 5.41) is 5.56. The third-order valence-corrected chi connectivity index (χ3v) is 7.21. The Kier molecular flexibility index (Phi) is 6.85. The number of carbonyl (C=O) groups is 3. The van der Waals surface area contributed by atoms with Gasteiger partial charge in [0.2, 0.25) is 0 Å². The summed E-state index contributed by atoms with van der Waals surface area (Å²) in [6.07, 6.45) is 1.57. The number of methoxy groups -OCH3 is 1. The lowest BCUT2D eigenvalue weighted by Gasteiger charge is -2.32. The van der Waals surface area contributed by atoms with Gasteiger partial charge in [-0.1, -0.05) is 66.7 Å². The maximum absolute atomic E-state index is 14.1. The van der Waals surface area contributed by atoms with Crippen molar-refractivity contribution in [2.45, 2.75) is 25.6 Å². The second kappa shape index (κ2) is 10.4. The lowest BCUT2D eigenvalue weighted by atomic mass is 9.89. The van der Waals surface area contributed by atoms with E-state index in [0.717, 1.165) is 27.5 Å². The number of carbonyl (C=O) groups excluding carboxylic acids is 3. The van der Waals surface area contributed by atoms with Gasteiger partial charge in [-0.2, -0.15) is 5.10 Å². The van der Waals surface area contributed by atoms with Crippen LogP contribution in [0, 0.1) is 0 Å². The molecule has 3 amide bonds. The monoisotopic (exact) mass is 520 g/mol. The zero-order chi connectivity index (χ0) is 27.6. The fourth-order valence-electron chi connectivity index (χ4n) is 5.02. The number of hydrazone groups is 1. The van der Waals surface area contributed by atoms with Crippen molar-refractivity contribution >= 4 is 34.9 Å². The second-order valence-electron chi connectivity index (χ2n) is 9.61. The van der Waals surface area contributed by atoms with Crippen LogP contribution in [-0.2, 0) is 28.2 Å². The molecule has 0 saturated carbocycles. The minimum Gasteiger partial charge on any atom is -0.465 e. The van der Waals surface area contributed by atoms with Crippen molar-refractivity contribution < 1.29 is 19.1 Å². The summed E-state index contributed by atoms with van der Waals surface area (Å²) in [6, 6.07) is 27.5.